The van der Waals surface area contributed by atoms with Crippen LogP contribution in [0.25, 0.3) is 17.0 Å². The number of nitrogens with two attached hydrogens (primary N) is 1. The van der Waals surface area contributed by atoms with Gasteiger partial charge >= 0.3 is 5.97 Å². The number of aromatic carboxylic acids is 1. The molecule has 5 heterocycles. The number of carbonyl (C=O) groups is 16. The van der Waals surface area contributed by atoms with Crippen molar-refractivity contribution in [1.82, 2.24) is 88.7 Å². The van der Waals surface area contributed by atoms with Crippen LogP contribution in [-0.4, -0.2) is 320 Å². The number of aliphatic hydroxyl groups excluding tert-OH is 4. The van der Waals surface area contributed by atoms with E-state index in [1.807, 2.05) is 0 Å². The van der Waals surface area contributed by atoms with Crippen molar-refractivity contribution in [3.63, 3.8) is 0 Å². The third kappa shape index (κ3) is 29.7. The molecule has 0 radical (unpaired) electrons. The van der Waals surface area contributed by atoms with Crippen LogP contribution in [0.2, 0.25) is 0 Å². The van der Waals surface area contributed by atoms with Gasteiger partial charge in [-0.3, -0.25) is 97.5 Å². The van der Waals surface area contributed by atoms with Crippen molar-refractivity contribution >= 4 is 136 Å². The minimum absolute atomic E-state index is 0. The van der Waals surface area contributed by atoms with Crippen LogP contribution in [0.1, 0.15) is 127 Å². The number of fused-ring (bicyclic) bond motifs is 4. The van der Waals surface area contributed by atoms with E-state index in [1.54, 1.807) is 11.8 Å². The summed E-state index contributed by atoms with van der Waals surface area (Å²) in [6.07, 6.45) is -3.81. The van der Waals surface area contributed by atoms with Crippen molar-refractivity contribution in [3.05, 3.63) is 63.3 Å². The number of rotatable bonds is 41. The number of phenols is 1. The Labute approximate surface area is 735 Å². The number of hydrogen-bond donors (Lipinski definition) is 24. The molecule has 2 saturated heterocycles. The number of aryl methyl sites for hydroxylation is 1. The van der Waals surface area contributed by atoms with E-state index in [4.69, 9.17) is 11.1 Å². The summed E-state index contributed by atoms with van der Waals surface area (Å²) < 4.78 is 17.0. The fourth-order valence-electron chi connectivity index (χ4n) is 14.1. The number of pyridine rings is 1. The predicted octanol–water partition coefficient (Wildman–Crippen LogP) is -10.3. The summed E-state index contributed by atoms with van der Waals surface area (Å²) >= 11 is 0. The number of benzene rings is 2. The second-order valence-corrected chi connectivity index (χ2v) is 30.1. The summed E-state index contributed by atoms with van der Waals surface area (Å²) in [5, 5.41) is 135. The number of hydrogen-bond acceptors (Lipinski definition) is 28. The fourth-order valence-corrected chi connectivity index (χ4v) is 14.1. The smallest absolute Gasteiger partial charge is 0.341 e. The molecule has 0 bridgehead atoms. The molecule has 11 atom stereocenters. The first-order chi connectivity index (χ1) is 59.9. The molecule has 4 aliphatic heterocycles. The quantitative estimate of drug-likeness (QED) is 0.00477. The van der Waals surface area contributed by atoms with Crippen molar-refractivity contribution in [3.8, 4) is 11.5 Å². The third-order valence-electron chi connectivity index (χ3n) is 20.9. The second-order valence-electron chi connectivity index (χ2n) is 30.1. The van der Waals surface area contributed by atoms with Gasteiger partial charge in [-0.05, 0) is 96.8 Å². The van der Waals surface area contributed by atoms with Crippen molar-refractivity contribution in [2.45, 2.75) is 184 Å². The number of piperazine rings is 1. The first-order valence-corrected chi connectivity index (χ1v) is 40.7. The summed E-state index contributed by atoms with van der Waals surface area (Å²) in [5.74, 6) is -16.6. The van der Waals surface area contributed by atoms with Crippen LogP contribution in [0.4, 0.5) is 15.8 Å². The summed E-state index contributed by atoms with van der Waals surface area (Å²) in [5.41, 5.74) is 4.74. The van der Waals surface area contributed by atoms with Gasteiger partial charge < -0.3 is 125 Å². The molecule has 0 unspecified atom stereocenters. The molecule has 0 saturated carbocycles. The number of aliphatic hydroxyl groups is 4. The Morgan fingerprint density at radius 2 is 1.27 bits per heavy atom. The van der Waals surface area contributed by atoms with Crippen LogP contribution >= 0.6 is 0 Å². The maximum atomic E-state index is 15.5. The molecule has 698 valence electrons. The number of carboxylic acid groups (broad SMARTS) is 1. The van der Waals surface area contributed by atoms with Gasteiger partial charge in [0.2, 0.25) is 89.1 Å². The number of anilines is 2. The third-order valence-corrected chi connectivity index (χ3v) is 20.9. The Balaban J connectivity index is 0.0000249. The zero-order valence-electron chi connectivity index (χ0n) is 69.7. The van der Waals surface area contributed by atoms with Crippen LogP contribution in [0.3, 0.4) is 0 Å². The van der Waals surface area contributed by atoms with Gasteiger partial charge in [-0.2, -0.15) is 0 Å². The molecule has 127 heavy (non-hydrogen) atoms. The van der Waals surface area contributed by atoms with Gasteiger partial charge in [-0.15, -0.1) is 0 Å². The van der Waals surface area contributed by atoms with Gasteiger partial charge in [0.05, 0.1) is 43.2 Å². The topological polar surface area (TPSA) is 716 Å². The van der Waals surface area contributed by atoms with E-state index in [-0.39, 0.29) is 216 Å². The number of amides is 15. The number of guanidine groups is 1. The number of nitrogens with zero attached hydrogens (tertiary/aromatic N) is 6. The molecule has 7 rings (SSSR count). The first-order valence-electron chi connectivity index (χ1n) is 40.7. The molecule has 25 N–H and O–H groups in total. The molecule has 50 heteroatoms. The molecule has 4 aliphatic rings. The van der Waals surface area contributed by atoms with Crippen LogP contribution in [0.5, 0.6) is 11.5 Å². The van der Waals surface area contributed by atoms with Crippen LogP contribution < -0.4 is 100 Å². The number of nitrogens with one attached hydrogen (secondary N) is 15. The van der Waals surface area contributed by atoms with E-state index >= 15 is 4.39 Å². The molecule has 0 aliphatic carbocycles. The molecule has 0 spiro atoms. The monoisotopic (exact) mass is 1830 g/mol. The Kier molecular flexibility index (Phi) is 40.4. The zero-order valence-corrected chi connectivity index (χ0v) is 70.8. The molecule has 1 aromatic heterocycles. The van der Waals surface area contributed by atoms with E-state index in [9.17, 15) is 128 Å². The number of carboxylic acids is 1. The van der Waals surface area contributed by atoms with Crippen molar-refractivity contribution in [2.75, 3.05) is 95.0 Å². The average molecular weight is 1830 g/mol. The van der Waals surface area contributed by atoms with Gasteiger partial charge in [0.15, 0.2) is 12.0 Å². The van der Waals surface area contributed by atoms with Gasteiger partial charge in [0.1, 0.15) is 76.8 Å². The second kappa shape index (κ2) is 49.8. The van der Waals surface area contributed by atoms with Gasteiger partial charge in [-0.1, -0.05) is 11.8 Å². The molecule has 15 amide bonds. The Morgan fingerprint density at radius 1 is 0.693 bits per heavy atom. The molecule has 3 aromatic rings. The summed E-state index contributed by atoms with van der Waals surface area (Å²) in [7, 11) is 0. The summed E-state index contributed by atoms with van der Waals surface area (Å²) in [6, 6.07) is -11.0. The summed E-state index contributed by atoms with van der Waals surface area (Å²) in [6.45, 7) is 1.48. The van der Waals surface area contributed by atoms with E-state index < -0.39 is 217 Å². The number of amidine groups is 1. The normalized spacial score (nSPS) is 18.7. The van der Waals surface area contributed by atoms with Crippen LogP contribution in [-0.2, 0) is 95.5 Å². The van der Waals surface area contributed by atoms with E-state index in [1.165, 1.54) is 39.6 Å². The minimum Gasteiger partial charge on any atom is -0.870 e. The predicted molar refractivity (Wildman–Crippen MR) is 436 cm³/mol. The van der Waals surface area contributed by atoms with Gasteiger partial charge in [-0.25, -0.2) is 24.2 Å². The molecular weight excluding hydrogens is 1720 g/mol. The number of aromatic nitrogens is 1. The maximum Gasteiger partial charge on any atom is 0.341 e. The number of halogens is 1. The van der Waals surface area contributed by atoms with Crippen molar-refractivity contribution in [1.29, 1.82) is 5.41 Å². The molecular formula is C77H109FFeN22O26. The first kappa shape index (κ1) is 103. The Hall–Kier alpha value is -12.7. The minimum atomic E-state index is -2.01. The number of phenolic OH excluding ortho intramolecular Hbond substituents is 1. The number of aromatic hydroxyl groups is 1. The largest absolute Gasteiger partial charge is 0.870 e. The zero-order chi connectivity index (χ0) is 92.8. The van der Waals surface area contributed by atoms with Crippen LogP contribution in [0, 0.1) is 11.2 Å². The van der Waals surface area contributed by atoms with E-state index in [2.05, 4.69) is 74.1 Å². The van der Waals surface area contributed by atoms with Crippen molar-refractivity contribution < 1.29 is 149 Å². The maximum absolute atomic E-state index is 15.5. The summed E-state index contributed by atoms with van der Waals surface area (Å²) in [4.78, 5) is 235. The van der Waals surface area contributed by atoms with E-state index in [0.717, 1.165) is 25.1 Å². The van der Waals surface area contributed by atoms with Gasteiger partial charge in [0.25, 0.3) is 11.7 Å². The molecule has 2 aromatic carbocycles. The standard InChI is InChI=1S/C77H109FN22O26.Fe/c1-4-95-35-44(76(123)124)65(113)43-32-45(78)56(33-55(43)95)96-26-28-97(29-27-96)62(112)17-16-60(110)82-23-22-81-59(109)14-15-61(111)86-50-30-42-31-57(107)58(108)34-54(42)100-53(18-21-83-66(50)100)73(120)92-52(37-102)72(119)89-47(11-7-20-85-77(79)80)69(116)91-51(36-101)71(118)90-48(12-8-24-98(125)38-103)68(115)87-46-10-5-6-19-84-74(121)63(40(2)105)94-75(122)64(41(3)106)93-70(117)49(88-67(46)114)13-9-25-99(126)39-104;/h30-35,38-41,46-49,51-53,63-64,101-102,105-108,125-126H,4-29,36-37H2,1-3H3,(H,81,109)(H,82,110)(H,84,121)(H,86,111)(H,87,115)(H,88,114)(H,89,119)(H,90,118)(H,91,116)(H,92,120)(H,93,117)(H,94,122)(H,123,124)(H4,79,80,85);/t40-,41-,46+,47+,48+,49+,51-,52-,53+,63-,64-;/m1./s1. The van der Waals surface area contributed by atoms with Crippen molar-refractivity contribution in [2.24, 2.45) is 5.73 Å². The average Bonchev–Trinajstić information content (AvgIpc) is 0.749. The Bertz CT molecular complexity index is 4650. The number of carbonyl (C=O) groups excluding carboxylic acids is 15. The molecule has 2 fully saturated rings. The van der Waals surface area contributed by atoms with Crippen LogP contribution in [0.15, 0.2) is 41.0 Å². The fraction of sp³-hybridized carbons (Fsp3) is 0.545. The number of hydroxylamine groups is 4. The van der Waals surface area contributed by atoms with E-state index in [0.29, 0.717) is 12.1 Å². The SMILES string of the molecule is CCn1cc(C(=O)O)c(=O)c2cc(F)c(N3CCN(C(=O)CCC(=O)NCCNC(=O)CCC(=O)NC4=Cc5cc([O-])c(O)cc5N5C4=[NH+]CC[C@H]5C(=O)N[C@H](CO)C(=O)N[C@@H](CCCNC(=N)N)C(=O)N[C@H](CO)C(=O)N[C@@H](CCCN(O)C=O)C(=O)N[C@H]4CCCCNC(=O)[C@@H]([C@@H](C)O)NC(=O)[C@@H]([C@@H](C)O)NC(=O)[C@H](CCCN(O)C=O)NC4=O)CC3)cc21.[Fe]. The van der Waals surface area contributed by atoms with Gasteiger partial charge in [0, 0.05) is 144 Å². The molecule has 48 nitrogen and oxygen atoms in total. The Morgan fingerprint density at radius 3 is 1.87 bits per heavy atom.